The Morgan fingerprint density at radius 1 is 1.44 bits per heavy atom. The van der Waals surface area contributed by atoms with Gasteiger partial charge in [-0.3, -0.25) is 24.7 Å². The number of rotatable bonds is 3. The maximum absolute atomic E-state index is 11.7. The van der Waals surface area contributed by atoms with E-state index in [1.807, 2.05) is 0 Å². The van der Waals surface area contributed by atoms with Gasteiger partial charge in [-0.05, 0) is 17.5 Å². The fourth-order valence-electron chi connectivity index (χ4n) is 1.98. The molecule has 2 N–H and O–H groups in total. The van der Waals surface area contributed by atoms with Crippen LogP contribution in [0.15, 0.2) is 18.5 Å². The smallest absolute Gasteiger partial charge is 0.307 e. The third kappa shape index (κ3) is 2.71. The van der Waals surface area contributed by atoms with Crippen LogP contribution >= 0.6 is 0 Å². The van der Waals surface area contributed by atoms with Crippen molar-refractivity contribution in [3.8, 4) is 0 Å². The van der Waals surface area contributed by atoms with Crippen molar-refractivity contribution < 1.29 is 19.5 Å². The Kier molecular flexibility index (Phi) is 3.36. The number of carboxylic acid groups (broad SMARTS) is 1. The molecule has 0 radical (unpaired) electrons. The van der Waals surface area contributed by atoms with Gasteiger partial charge in [0.05, 0.1) is 12.3 Å². The molecule has 1 fully saturated rings. The standard InChI is InChI=1S/C12H12N2O4/c15-10-2-1-9(12(18)14-10)8-3-7(4-11(16)17)5-13-6-8/h3,5-6,9H,1-2,4H2,(H,16,17)(H,14,15,18). The maximum atomic E-state index is 11.7. The summed E-state index contributed by atoms with van der Waals surface area (Å²) in [5.74, 6) is -1.99. The molecule has 6 nitrogen and oxygen atoms in total. The first-order valence-corrected chi connectivity index (χ1v) is 5.55. The van der Waals surface area contributed by atoms with Gasteiger partial charge in [-0.1, -0.05) is 6.07 Å². The number of hydrogen-bond acceptors (Lipinski definition) is 4. The number of pyridine rings is 1. The Labute approximate surface area is 103 Å². The first kappa shape index (κ1) is 12.2. The van der Waals surface area contributed by atoms with Crippen LogP contribution in [0.5, 0.6) is 0 Å². The molecule has 0 spiro atoms. The highest BCUT2D eigenvalue weighted by Gasteiger charge is 2.28. The number of hydrogen-bond donors (Lipinski definition) is 2. The molecular weight excluding hydrogens is 236 g/mol. The monoisotopic (exact) mass is 248 g/mol. The quantitative estimate of drug-likeness (QED) is 0.746. The van der Waals surface area contributed by atoms with Gasteiger partial charge >= 0.3 is 5.97 Å². The molecule has 94 valence electrons. The third-order valence-electron chi connectivity index (χ3n) is 2.81. The molecule has 1 saturated heterocycles. The highest BCUT2D eigenvalue weighted by Crippen LogP contribution is 2.24. The highest BCUT2D eigenvalue weighted by molar-refractivity contribution is 6.00. The lowest BCUT2D eigenvalue weighted by molar-refractivity contribution is -0.136. The molecule has 0 bridgehead atoms. The minimum atomic E-state index is -0.947. The van der Waals surface area contributed by atoms with E-state index in [1.165, 1.54) is 12.4 Å². The lowest BCUT2D eigenvalue weighted by Crippen LogP contribution is -2.39. The molecule has 0 saturated carbocycles. The summed E-state index contributed by atoms with van der Waals surface area (Å²) >= 11 is 0. The molecule has 2 heterocycles. The number of piperidine rings is 1. The highest BCUT2D eigenvalue weighted by atomic mass is 16.4. The van der Waals surface area contributed by atoms with E-state index in [4.69, 9.17) is 5.11 Å². The number of nitrogens with zero attached hydrogens (tertiary/aromatic N) is 1. The number of carbonyl (C=O) groups excluding carboxylic acids is 2. The van der Waals surface area contributed by atoms with Crippen molar-refractivity contribution in [1.82, 2.24) is 10.3 Å². The summed E-state index contributed by atoms with van der Waals surface area (Å²) in [5, 5.41) is 11.0. The molecule has 6 heteroatoms. The van der Waals surface area contributed by atoms with Crippen molar-refractivity contribution in [2.24, 2.45) is 0 Å². The number of aliphatic carboxylic acids is 1. The Balaban J connectivity index is 2.20. The molecule has 1 aromatic rings. The lowest BCUT2D eigenvalue weighted by Gasteiger charge is -2.21. The number of carboxylic acids is 1. The lowest BCUT2D eigenvalue weighted by atomic mass is 9.91. The van der Waals surface area contributed by atoms with Gasteiger partial charge in [-0.25, -0.2) is 0 Å². The van der Waals surface area contributed by atoms with E-state index in [-0.39, 0.29) is 18.2 Å². The molecule has 1 aliphatic heterocycles. The van der Waals surface area contributed by atoms with Crippen LogP contribution in [-0.2, 0) is 20.8 Å². The zero-order valence-electron chi connectivity index (χ0n) is 9.55. The summed E-state index contributed by atoms with van der Waals surface area (Å²) in [7, 11) is 0. The number of imide groups is 1. The minimum Gasteiger partial charge on any atom is -0.481 e. The van der Waals surface area contributed by atoms with E-state index in [1.54, 1.807) is 6.07 Å². The van der Waals surface area contributed by atoms with E-state index in [0.717, 1.165) is 0 Å². The predicted octanol–water partition coefficient (Wildman–Crippen LogP) is 0.229. The summed E-state index contributed by atoms with van der Waals surface area (Å²) in [6.07, 6.45) is 3.59. The van der Waals surface area contributed by atoms with E-state index < -0.39 is 11.9 Å². The van der Waals surface area contributed by atoms with Gasteiger partial charge in [0, 0.05) is 18.8 Å². The molecule has 0 aliphatic carbocycles. The second-order valence-electron chi connectivity index (χ2n) is 4.20. The van der Waals surface area contributed by atoms with Gasteiger partial charge in [0.15, 0.2) is 0 Å². The topological polar surface area (TPSA) is 96.4 Å². The van der Waals surface area contributed by atoms with Crippen LogP contribution in [0.3, 0.4) is 0 Å². The van der Waals surface area contributed by atoms with Crippen LogP contribution in [0.25, 0.3) is 0 Å². The summed E-state index contributed by atoms with van der Waals surface area (Å²) in [6.45, 7) is 0. The average Bonchev–Trinajstić information content (AvgIpc) is 2.28. The Bertz CT molecular complexity index is 513. The molecule has 1 aliphatic rings. The van der Waals surface area contributed by atoms with Crippen LogP contribution in [0, 0.1) is 0 Å². The van der Waals surface area contributed by atoms with Crippen LogP contribution in [-0.4, -0.2) is 27.9 Å². The molecule has 18 heavy (non-hydrogen) atoms. The third-order valence-corrected chi connectivity index (χ3v) is 2.81. The zero-order chi connectivity index (χ0) is 13.1. The number of aromatic nitrogens is 1. The SMILES string of the molecule is O=C(O)Cc1cncc(C2CCC(=O)NC2=O)c1. The first-order valence-electron chi connectivity index (χ1n) is 5.55. The van der Waals surface area contributed by atoms with Gasteiger partial charge in [0.2, 0.25) is 11.8 Å². The minimum absolute atomic E-state index is 0.131. The molecule has 1 unspecified atom stereocenters. The van der Waals surface area contributed by atoms with Gasteiger partial charge in [-0.15, -0.1) is 0 Å². The Hall–Kier alpha value is -2.24. The van der Waals surface area contributed by atoms with Crippen molar-refractivity contribution in [3.63, 3.8) is 0 Å². The molecule has 1 aromatic heterocycles. The van der Waals surface area contributed by atoms with Crippen molar-refractivity contribution in [1.29, 1.82) is 0 Å². The van der Waals surface area contributed by atoms with Crippen molar-refractivity contribution in [2.45, 2.75) is 25.2 Å². The van der Waals surface area contributed by atoms with Crippen LogP contribution in [0.2, 0.25) is 0 Å². The zero-order valence-corrected chi connectivity index (χ0v) is 9.55. The summed E-state index contributed by atoms with van der Waals surface area (Å²) < 4.78 is 0. The largest absolute Gasteiger partial charge is 0.481 e. The average molecular weight is 248 g/mol. The maximum Gasteiger partial charge on any atom is 0.307 e. The van der Waals surface area contributed by atoms with E-state index in [2.05, 4.69) is 10.3 Å². The van der Waals surface area contributed by atoms with Crippen molar-refractivity contribution in [2.75, 3.05) is 0 Å². The van der Waals surface area contributed by atoms with Gasteiger partial charge in [-0.2, -0.15) is 0 Å². The molecule has 0 aromatic carbocycles. The van der Waals surface area contributed by atoms with Gasteiger partial charge in [0.1, 0.15) is 0 Å². The second-order valence-corrected chi connectivity index (χ2v) is 4.20. The number of carbonyl (C=O) groups is 3. The normalized spacial score (nSPS) is 19.4. The fraction of sp³-hybridized carbons (Fsp3) is 0.333. The van der Waals surface area contributed by atoms with Crippen LogP contribution in [0.1, 0.15) is 29.9 Å². The summed E-state index contributed by atoms with van der Waals surface area (Å²) in [5.41, 5.74) is 1.20. The first-order chi connectivity index (χ1) is 8.56. The summed E-state index contributed by atoms with van der Waals surface area (Å²) in [6, 6.07) is 1.65. The molecular formula is C12H12N2O4. The predicted molar refractivity (Wildman–Crippen MR) is 60.7 cm³/mol. The van der Waals surface area contributed by atoms with E-state index in [0.29, 0.717) is 24.0 Å². The molecule has 1 atom stereocenters. The second kappa shape index (κ2) is 4.95. The number of amides is 2. The van der Waals surface area contributed by atoms with Crippen molar-refractivity contribution >= 4 is 17.8 Å². The van der Waals surface area contributed by atoms with Crippen molar-refractivity contribution in [3.05, 3.63) is 29.6 Å². The Morgan fingerprint density at radius 3 is 2.89 bits per heavy atom. The van der Waals surface area contributed by atoms with E-state index >= 15 is 0 Å². The fourth-order valence-corrected chi connectivity index (χ4v) is 1.98. The number of nitrogens with one attached hydrogen (secondary N) is 1. The molecule has 2 amide bonds. The van der Waals surface area contributed by atoms with Gasteiger partial charge in [0.25, 0.3) is 0 Å². The van der Waals surface area contributed by atoms with Crippen LogP contribution in [0.4, 0.5) is 0 Å². The Morgan fingerprint density at radius 2 is 2.22 bits per heavy atom. The van der Waals surface area contributed by atoms with Crippen LogP contribution < -0.4 is 5.32 Å². The summed E-state index contributed by atoms with van der Waals surface area (Å²) in [4.78, 5) is 37.3. The van der Waals surface area contributed by atoms with Gasteiger partial charge < -0.3 is 5.11 Å². The van der Waals surface area contributed by atoms with E-state index in [9.17, 15) is 14.4 Å². The molecule has 2 rings (SSSR count).